The summed E-state index contributed by atoms with van der Waals surface area (Å²) < 4.78 is 0. The van der Waals surface area contributed by atoms with Crippen LogP contribution >= 0.6 is 0 Å². The molecular formula is C10H14N4. The quantitative estimate of drug-likeness (QED) is 0.780. The second-order valence-corrected chi connectivity index (χ2v) is 3.64. The Bertz CT molecular complexity index is 444. The fraction of sp³-hybridized carbons (Fsp3) is 0.400. The predicted octanol–water partition coefficient (Wildman–Crippen LogP) is 1.47. The van der Waals surface area contributed by atoms with Gasteiger partial charge in [0.15, 0.2) is 0 Å². The molecule has 0 saturated carbocycles. The van der Waals surface area contributed by atoms with Gasteiger partial charge in [-0.25, -0.2) is 0 Å². The Hall–Kier alpha value is -1.42. The van der Waals surface area contributed by atoms with Crippen LogP contribution in [0, 0.1) is 0 Å². The molecule has 74 valence electrons. The lowest BCUT2D eigenvalue weighted by atomic mass is 10.2. The molecule has 0 bridgehead atoms. The van der Waals surface area contributed by atoms with E-state index >= 15 is 0 Å². The molecule has 0 aliphatic carbocycles. The van der Waals surface area contributed by atoms with Crippen molar-refractivity contribution in [2.45, 2.75) is 26.4 Å². The van der Waals surface area contributed by atoms with Gasteiger partial charge in [-0.05, 0) is 31.5 Å². The lowest BCUT2D eigenvalue weighted by Gasteiger charge is -1.99. The highest BCUT2D eigenvalue weighted by Gasteiger charge is 2.05. The molecule has 0 unspecified atom stereocenters. The summed E-state index contributed by atoms with van der Waals surface area (Å²) in [5.74, 6) is 0. The first-order valence-electron chi connectivity index (χ1n) is 4.76. The molecule has 4 heteroatoms. The van der Waals surface area contributed by atoms with Crippen LogP contribution in [0.2, 0.25) is 0 Å². The lowest BCUT2D eigenvalue weighted by molar-refractivity contribution is 0.472. The second-order valence-electron chi connectivity index (χ2n) is 3.64. The van der Waals surface area contributed by atoms with Crippen molar-refractivity contribution < 1.29 is 0 Å². The number of hydrogen-bond donors (Lipinski definition) is 1. The van der Waals surface area contributed by atoms with E-state index in [4.69, 9.17) is 5.73 Å². The third-order valence-electron chi connectivity index (χ3n) is 2.16. The molecule has 4 nitrogen and oxygen atoms in total. The molecule has 0 saturated heterocycles. The summed E-state index contributed by atoms with van der Waals surface area (Å²) in [5.41, 5.74) is 8.49. The van der Waals surface area contributed by atoms with Crippen molar-refractivity contribution in [2.24, 2.45) is 5.73 Å². The zero-order valence-electron chi connectivity index (χ0n) is 8.44. The van der Waals surface area contributed by atoms with E-state index in [1.807, 2.05) is 18.2 Å². The number of hydrogen-bond acceptors (Lipinski definition) is 3. The number of rotatable bonds is 2. The monoisotopic (exact) mass is 190 g/mol. The summed E-state index contributed by atoms with van der Waals surface area (Å²) in [5, 5.41) is 8.72. The zero-order valence-corrected chi connectivity index (χ0v) is 8.44. The molecule has 0 spiro atoms. The Labute approximate surface area is 82.7 Å². The van der Waals surface area contributed by atoms with Gasteiger partial charge in [0.1, 0.15) is 11.0 Å². The zero-order chi connectivity index (χ0) is 10.1. The summed E-state index contributed by atoms with van der Waals surface area (Å²) in [7, 11) is 0. The molecule has 2 N–H and O–H groups in total. The van der Waals surface area contributed by atoms with Gasteiger partial charge in [-0.15, -0.1) is 0 Å². The van der Waals surface area contributed by atoms with Crippen molar-refractivity contribution in [3.8, 4) is 0 Å². The van der Waals surface area contributed by atoms with Gasteiger partial charge in [0.05, 0.1) is 6.04 Å². The van der Waals surface area contributed by atoms with Crippen molar-refractivity contribution in [1.82, 2.24) is 15.0 Å². The second kappa shape index (κ2) is 3.38. The molecule has 0 fully saturated rings. The Morgan fingerprint density at radius 3 is 2.64 bits per heavy atom. The van der Waals surface area contributed by atoms with Gasteiger partial charge in [0, 0.05) is 6.54 Å². The van der Waals surface area contributed by atoms with Gasteiger partial charge in [-0.3, -0.25) is 0 Å². The highest BCUT2D eigenvalue weighted by atomic mass is 15.5. The van der Waals surface area contributed by atoms with E-state index in [1.54, 1.807) is 4.80 Å². The Kier molecular flexibility index (Phi) is 2.21. The SMILES string of the molecule is CC(C)n1nc2ccc(CN)cc2n1. The minimum absolute atomic E-state index is 0.295. The third-order valence-corrected chi connectivity index (χ3v) is 2.16. The molecule has 1 aromatic carbocycles. The van der Waals surface area contributed by atoms with Crippen LogP contribution in [0.3, 0.4) is 0 Å². The van der Waals surface area contributed by atoms with Gasteiger partial charge in [-0.1, -0.05) is 6.07 Å². The Balaban J connectivity index is 2.54. The normalized spacial score (nSPS) is 11.4. The topological polar surface area (TPSA) is 56.7 Å². The van der Waals surface area contributed by atoms with Gasteiger partial charge in [-0.2, -0.15) is 15.0 Å². The van der Waals surface area contributed by atoms with Crippen molar-refractivity contribution in [3.63, 3.8) is 0 Å². The van der Waals surface area contributed by atoms with E-state index in [9.17, 15) is 0 Å². The summed E-state index contributed by atoms with van der Waals surface area (Å²) in [6, 6.07) is 6.23. The molecular weight excluding hydrogens is 176 g/mol. The summed E-state index contributed by atoms with van der Waals surface area (Å²) >= 11 is 0. The standard InChI is InChI=1S/C10H14N4/c1-7(2)14-12-9-4-3-8(6-11)5-10(9)13-14/h3-5,7H,6,11H2,1-2H3. The van der Waals surface area contributed by atoms with Crippen LogP contribution < -0.4 is 5.73 Å². The first kappa shape index (κ1) is 9.15. The number of nitrogens with zero attached hydrogens (tertiary/aromatic N) is 3. The molecule has 2 aromatic rings. The van der Waals surface area contributed by atoms with Crippen LogP contribution in [0.4, 0.5) is 0 Å². The van der Waals surface area contributed by atoms with Crippen molar-refractivity contribution in [2.75, 3.05) is 0 Å². The maximum absolute atomic E-state index is 5.55. The number of benzene rings is 1. The maximum atomic E-state index is 5.55. The Morgan fingerprint density at radius 2 is 2.00 bits per heavy atom. The highest BCUT2D eigenvalue weighted by Crippen LogP contribution is 2.13. The van der Waals surface area contributed by atoms with Crippen LogP contribution in [0.1, 0.15) is 25.5 Å². The maximum Gasteiger partial charge on any atom is 0.113 e. The third kappa shape index (κ3) is 1.48. The van der Waals surface area contributed by atoms with Crippen LogP contribution in [0.25, 0.3) is 11.0 Å². The number of aromatic nitrogens is 3. The van der Waals surface area contributed by atoms with Gasteiger partial charge >= 0.3 is 0 Å². The average molecular weight is 190 g/mol. The first-order chi connectivity index (χ1) is 6.70. The van der Waals surface area contributed by atoms with Gasteiger partial charge in [0.25, 0.3) is 0 Å². The predicted molar refractivity (Wildman–Crippen MR) is 55.8 cm³/mol. The van der Waals surface area contributed by atoms with E-state index in [-0.39, 0.29) is 0 Å². The summed E-state index contributed by atoms with van der Waals surface area (Å²) in [6.45, 7) is 4.66. The fourth-order valence-corrected chi connectivity index (χ4v) is 1.33. The van der Waals surface area contributed by atoms with Gasteiger partial charge < -0.3 is 5.73 Å². The van der Waals surface area contributed by atoms with E-state index in [0.29, 0.717) is 12.6 Å². The van der Waals surface area contributed by atoms with Crippen LogP contribution in [0.15, 0.2) is 18.2 Å². The first-order valence-corrected chi connectivity index (χ1v) is 4.76. The molecule has 2 rings (SSSR count). The highest BCUT2D eigenvalue weighted by molar-refractivity contribution is 5.74. The van der Waals surface area contributed by atoms with Crippen molar-refractivity contribution in [3.05, 3.63) is 23.8 Å². The van der Waals surface area contributed by atoms with E-state index in [0.717, 1.165) is 16.6 Å². The van der Waals surface area contributed by atoms with E-state index in [2.05, 4.69) is 24.0 Å². The minimum atomic E-state index is 0.295. The van der Waals surface area contributed by atoms with Crippen LogP contribution in [-0.2, 0) is 6.54 Å². The smallest absolute Gasteiger partial charge is 0.113 e. The minimum Gasteiger partial charge on any atom is -0.326 e. The fourth-order valence-electron chi connectivity index (χ4n) is 1.33. The number of fused-ring (bicyclic) bond motifs is 1. The summed E-state index contributed by atoms with van der Waals surface area (Å²) in [6.07, 6.45) is 0. The molecule has 1 aromatic heterocycles. The van der Waals surface area contributed by atoms with Crippen molar-refractivity contribution >= 4 is 11.0 Å². The average Bonchev–Trinajstić information content (AvgIpc) is 2.59. The largest absolute Gasteiger partial charge is 0.326 e. The van der Waals surface area contributed by atoms with Crippen LogP contribution in [-0.4, -0.2) is 15.0 Å². The molecule has 0 radical (unpaired) electrons. The molecule has 0 atom stereocenters. The molecule has 1 heterocycles. The Morgan fingerprint density at radius 1 is 1.29 bits per heavy atom. The molecule has 0 aliphatic heterocycles. The van der Waals surface area contributed by atoms with E-state index in [1.165, 1.54) is 0 Å². The van der Waals surface area contributed by atoms with Gasteiger partial charge in [0.2, 0.25) is 0 Å². The van der Waals surface area contributed by atoms with Crippen molar-refractivity contribution in [1.29, 1.82) is 0 Å². The molecule has 14 heavy (non-hydrogen) atoms. The molecule has 0 aliphatic rings. The lowest BCUT2D eigenvalue weighted by Crippen LogP contribution is -2.04. The van der Waals surface area contributed by atoms with E-state index < -0.39 is 0 Å². The van der Waals surface area contributed by atoms with Crippen LogP contribution in [0.5, 0.6) is 0 Å². The number of nitrogens with two attached hydrogens (primary N) is 1. The summed E-state index contributed by atoms with van der Waals surface area (Å²) in [4.78, 5) is 1.73. The molecule has 0 amide bonds.